The summed E-state index contributed by atoms with van der Waals surface area (Å²) >= 11 is 12.3. The molecule has 0 aromatic heterocycles. The standard InChI is InChI=1S/C22H21Cl2NO5/c1-3-29-20(27)22(21(28)30-4-2)18(14-8-6-5-7-9-14)13-19(26)25(22)17-11-15(23)10-16(24)12-17/h5-12,18H,3-4,13H2,1-2H3. The number of esters is 2. The first-order valence-electron chi connectivity index (χ1n) is 9.54. The van der Waals surface area contributed by atoms with Gasteiger partial charge in [-0.05, 0) is 37.6 Å². The molecule has 0 N–H and O–H groups in total. The molecule has 8 heteroatoms. The van der Waals surface area contributed by atoms with Crippen LogP contribution in [0.3, 0.4) is 0 Å². The van der Waals surface area contributed by atoms with Crippen molar-refractivity contribution in [2.75, 3.05) is 18.1 Å². The molecule has 0 saturated carbocycles. The monoisotopic (exact) mass is 449 g/mol. The molecular formula is C22H21Cl2NO5. The van der Waals surface area contributed by atoms with Crippen molar-refractivity contribution in [1.82, 2.24) is 0 Å². The minimum Gasteiger partial charge on any atom is -0.464 e. The van der Waals surface area contributed by atoms with Gasteiger partial charge in [-0.15, -0.1) is 0 Å². The third-order valence-electron chi connectivity index (χ3n) is 4.97. The summed E-state index contributed by atoms with van der Waals surface area (Å²) in [5.74, 6) is -2.98. The van der Waals surface area contributed by atoms with Crippen LogP contribution in [-0.2, 0) is 23.9 Å². The van der Waals surface area contributed by atoms with Crippen LogP contribution >= 0.6 is 23.2 Å². The van der Waals surface area contributed by atoms with Gasteiger partial charge in [0, 0.05) is 28.1 Å². The molecule has 158 valence electrons. The highest BCUT2D eigenvalue weighted by Crippen LogP contribution is 2.48. The fraction of sp³-hybridized carbons (Fsp3) is 0.318. The molecule has 0 bridgehead atoms. The lowest BCUT2D eigenvalue weighted by molar-refractivity contribution is -0.165. The van der Waals surface area contributed by atoms with Crippen molar-refractivity contribution in [1.29, 1.82) is 0 Å². The van der Waals surface area contributed by atoms with Gasteiger partial charge >= 0.3 is 11.9 Å². The number of nitrogens with zero attached hydrogens (tertiary/aromatic N) is 1. The summed E-state index contributed by atoms with van der Waals surface area (Å²) in [6, 6.07) is 13.3. The number of carbonyl (C=O) groups excluding carboxylic acids is 3. The predicted molar refractivity (Wildman–Crippen MR) is 114 cm³/mol. The molecule has 2 aromatic rings. The lowest BCUT2D eigenvalue weighted by Crippen LogP contribution is -2.62. The van der Waals surface area contributed by atoms with Gasteiger partial charge in [0.2, 0.25) is 11.4 Å². The summed E-state index contributed by atoms with van der Waals surface area (Å²) < 4.78 is 10.6. The zero-order chi connectivity index (χ0) is 21.9. The Kier molecular flexibility index (Phi) is 6.68. The fourth-order valence-electron chi connectivity index (χ4n) is 3.86. The maximum Gasteiger partial charge on any atom is 0.344 e. The number of hydrogen-bond acceptors (Lipinski definition) is 5. The minimum atomic E-state index is -2.04. The van der Waals surface area contributed by atoms with Crippen molar-refractivity contribution in [3.8, 4) is 0 Å². The Hall–Kier alpha value is -2.57. The second-order valence-corrected chi connectivity index (χ2v) is 7.60. The van der Waals surface area contributed by atoms with Gasteiger partial charge in [-0.1, -0.05) is 53.5 Å². The highest BCUT2D eigenvalue weighted by molar-refractivity contribution is 6.35. The smallest absolute Gasteiger partial charge is 0.344 e. The Morgan fingerprint density at radius 1 is 1.00 bits per heavy atom. The van der Waals surface area contributed by atoms with E-state index in [4.69, 9.17) is 32.7 Å². The Morgan fingerprint density at radius 3 is 2.03 bits per heavy atom. The molecule has 1 amide bonds. The van der Waals surface area contributed by atoms with Crippen molar-refractivity contribution in [3.63, 3.8) is 0 Å². The van der Waals surface area contributed by atoms with E-state index in [2.05, 4.69) is 0 Å². The Balaban J connectivity index is 2.31. The quantitative estimate of drug-likeness (QED) is 0.483. The number of rotatable bonds is 6. The van der Waals surface area contributed by atoms with Gasteiger partial charge in [-0.2, -0.15) is 0 Å². The normalized spacial score (nSPS) is 17.7. The van der Waals surface area contributed by atoms with Crippen LogP contribution < -0.4 is 4.90 Å². The maximum atomic E-state index is 13.4. The maximum absolute atomic E-state index is 13.4. The third-order valence-corrected chi connectivity index (χ3v) is 5.40. The predicted octanol–water partition coefficient (Wildman–Crippen LogP) is 4.38. The number of hydrogen-bond donors (Lipinski definition) is 0. The highest BCUT2D eigenvalue weighted by atomic mass is 35.5. The van der Waals surface area contributed by atoms with Crippen LogP contribution in [0.1, 0.15) is 31.7 Å². The van der Waals surface area contributed by atoms with Gasteiger partial charge in [0.25, 0.3) is 0 Å². The Morgan fingerprint density at radius 2 is 1.53 bits per heavy atom. The Labute approximate surface area is 184 Å². The average Bonchev–Trinajstić information content (AvgIpc) is 3.02. The van der Waals surface area contributed by atoms with E-state index in [0.717, 1.165) is 4.90 Å². The van der Waals surface area contributed by atoms with E-state index in [0.29, 0.717) is 5.56 Å². The number of anilines is 1. The SMILES string of the molecule is CCOC(=O)C1(C(=O)OCC)C(c2ccccc2)CC(=O)N1c1cc(Cl)cc(Cl)c1. The summed E-state index contributed by atoms with van der Waals surface area (Å²) in [4.78, 5) is 41.1. The zero-order valence-electron chi connectivity index (χ0n) is 16.6. The van der Waals surface area contributed by atoms with Crippen LogP contribution in [0, 0.1) is 0 Å². The molecule has 2 aromatic carbocycles. The molecule has 1 aliphatic rings. The molecule has 30 heavy (non-hydrogen) atoms. The first-order valence-corrected chi connectivity index (χ1v) is 10.3. The minimum absolute atomic E-state index is 0.0276. The van der Waals surface area contributed by atoms with E-state index >= 15 is 0 Å². The van der Waals surface area contributed by atoms with Crippen molar-refractivity contribution in [2.24, 2.45) is 0 Å². The van der Waals surface area contributed by atoms with Crippen LogP contribution in [0.15, 0.2) is 48.5 Å². The van der Waals surface area contributed by atoms with E-state index in [1.807, 2.05) is 6.07 Å². The second kappa shape index (κ2) is 9.06. The lowest BCUT2D eigenvalue weighted by atomic mass is 9.79. The zero-order valence-corrected chi connectivity index (χ0v) is 18.1. The number of carbonyl (C=O) groups is 3. The van der Waals surface area contributed by atoms with E-state index in [9.17, 15) is 14.4 Å². The molecule has 1 saturated heterocycles. The van der Waals surface area contributed by atoms with Gasteiger partial charge in [0.1, 0.15) is 0 Å². The van der Waals surface area contributed by atoms with Crippen LogP contribution in [-0.4, -0.2) is 36.6 Å². The largest absolute Gasteiger partial charge is 0.464 e. The van der Waals surface area contributed by atoms with Crippen molar-refractivity contribution >= 4 is 46.7 Å². The molecule has 0 spiro atoms. The number of ether oxygens (including phenoxy) is 2. The first-order chi connectivity index (χ1) is 14.4. The molecule has 1 heterocycles. The molecule has 0 radical (unpaired) electrons. The molecule has 6 nitrogen and oxygen atoms in total. The van der Waals surface area contributed by atoms with Crippen molar-refractivity contribution in [3.05, 3.63) is 64.1 Å². The van der Waals surface area contributed by atoms with Gasteiger partial charge < -0.3 is 9.47 Å². The van der Waals surface area contributed by atoms with E-state index in [1.54, 1.807) is 38.1 Å². The van der Waals surface area contributed by atoms with Crippen LogP contribution in [0.4, 0.5) is 5.69 Å². The Bertz CT molecular complexity index is 925. The summed E-state index contributed by atoms with van der Waals surface area (Å²) in [7, 11) is 0. The number of benzene rings is 2. The number of amides is 1. The van der Waals surface area contributed by atoms with Gasteiger partial charge in [0.15, 0.2) is 0 Å². The average molecular weight is 450 g/mol. The summed E-state index contributed by atoms with van der Waals surface area (Å²) in [5.41, 5.74) is -1.18. The topological polar surface area (TPSA) is 72.9 Å². The van der Waals surface area contributed by atoms with Gasteiger partial charge in [-0.3, -0.25) is 9.69 Å². The van der Waals surface area contributed by atoms with Crippen LogP contribution in [0.25, 0.3) is 0 Å². The van der Waals surface area contributed by atoms with Crippen LogP contribution in [0.5, 0.6) is 0 Å². The molecule has 0 aliphatic carbocycles. The summed E-state index contributed by atoms with van der Waals surface area (Å²) in [5, 5.41) is 0.519. The van der Waals surface area contributed by atoms with Crippen LogP contribution in [0.2, 0.25) is 10.0 Å². The second-order valence-electron chi connectivity index (χ2n) is 6.73. The van der Waals surface area contributed by atoms with Gasteiger partial charge in [0.05, 0.1) is 13.2 Å². The molecule has 1 atom stereocenters. The molecule has 1 unspecified atom stereocenters. The van der Waals surface area contributed by atoms with E-state index < -0.39 is 29.3 Å². The first kappa shape index (κ1) is 22.1. The summed E-state index contributed by atoms with van der Waals surface area (Å²) in [6.45, 7) is 3.32. The fourth-order valence-corrected chi connectivity index (χ4v) is 4.37. The number of halogens is 2. The lowest BCUT2D eigenvalue weighted by Gasteiger charge is -2.37. The van der Waals surface area contributed by atoms with Gasteiger partial charge in [-0.25, -0.2) is 9.59 Å². The third kappa shape index (κ3) is 3.77. The summed E-state index contributed by atoms with van der Waals surface area (Å²) in [6.07, 6.45) is -0.0915. The molecule has 3 rings (SSSR count). The molecule has 1 aliphatic heterocycles. The molecule has 1 fully saturated rings. The molecular weight excluding hydrogens is 429 g/mol. The van der Waals surface area contributed by atoms with E-state index in [-0.39, 0.29) is 35.4 Å². The van der Waals surface area contributed by atoms with Crippen molar-refractivity contribution < 1.29 is 23.9 Å². The van der Waals surface area contributed by atoms with E-state index in [1.165, 1.54) is 18.2 Å². The van der Waals surface area contributed by atoms with Crippen molar-refractivity contribution in [2.45, 2.75) is 31.7 Å². The highest BCUT2D eigenvalue weighted by Gasteiger charge is 2.66.